The summed E-state index contributed by atoms with van der Waals surface area (Å²) in [4.78, 5) is 32.1. The molecule has 1 heterocycles. The van der Waals surface area contributed by atoms with Gasteiger partial charge < -0.3 is 15.3 Å². The van der Waals surface area contributed by atoms with Crippen LogP contribution in [-0.4, -0.2) is 43.4 Å². The molecule has 1 aromatic carbocycles. The van der Waals surface area contributed by atoms with Crippen LogP contribution in [0.1, 0.15) is 35.0 Å². The second kappa shape index (κ2) is 9.32. The monoisotopic (exact) mass is 396 g/mol. The normalized spacial score (nSPS) is 17.9. The van der Waals surface area contributed by atoms with Crippen LogP contribution in [0.15, 0.2) is 60.3 Å². The first-order chi connectivity index (χ1) is 13.7. The van der Waals surface area contributed by atoms with Gasteiger partial charge in [0.15, 0.2) is 0 Å². The largest absolute Gasteiger partial charge is 0.481 e. The van der Waals surface area contributed by atoms with E-state index in [1.807, 2.05) is 36.4 Å². The minimum Gasteiger partial charge on any atom is -0.481 e. The lowest BCUT2D eigenvalue weighted by Crippen LogP contribution is -2.28. The SMILES string of the molecule is CC1(C(=O)O)C=CC=C(C(=O)O)C1.O=C(O)c1cn[nH]c1C=Cc1ccccc1. The third-order valence-corrected chi connectivity index (χ3v) is 4.22. The van der Waals surface area contributed by atoms with Crippen molar-refractivity contribution in [3.8, 4) is 0 Å². The number of aromatic carboxylic acids is 1. The molecular formula is C21H20N2O6. The van der Waals surface area contributed by atoms with E-state index in [1.54, 1.807) is 6.08 Å². The number of benzene rings is 1. The van der Waals surface area contributed by atoms with Gasteiger partial charge in [0.05, 0.1) is 17.3 Å². The van der Waals surface area contributed by atoms with Crippen LogP contribution in [-0.2, 0) is 9.59 Å². The summed E-state index contributed by atoms with van der Waals surface area (Å²) in [6.07, 6.45) is 9.27. The van der Waals surface area contributed by atoms with Crippen LogP contribution in [0.25, 0.3) is 12.2 Å². The topological polar surface area (TPSA) is 141 Å². The highest BCUT2D eigenvalue weighted by molar-refractivity contribution is 5.92. The van der Waals surface area contributed by atoms with Crippen molar-refractivity contribution in [1.29, 1.82) is 0 Å². The number of allylic oxidation sites excluding steroid dienone is 2. The molecule has 29 heavy (non-hydrogen) atoms. The average Bonchev–Trinajstić information content (AvgIpc) is 3.17. The number of H-pyrrole nitrogens is 1. The number of aromatic amines is 1. The molecule has 0 amide bonds. The van der Waals surface area contributed by atoms with E-state index in [1.165, 1.54) is 31.3 Å². The Labute approximate surface area is 166 Å². The maximum absolute atomic E-state index is 10.8. The minimum atomic E-state index is -1.08. The molecule has 0 spiro atoms. The van der Waals surface area contributed by atoms with Crippen molar-refractivity contribution in [2.24, 2.45) is 5.41 Å². The van der Waals surface area contributed by atoms with E-state index in [9.17, 15) is 14.4 Å². The molecule has 150 valence electrons. The van der Waals surface area contributed by atoms with E-state index in [0.29, 0.717) is 5.69 Å². The smallest absolute Gasteiger partial charge is 0.339 e. The zero-order chi connectivity index (χ0) is 21.4. The maximum Gasteiger partial charge on any atom is 0.339 e. The Bertz CT molecular complexity index is 988. The lowest BCUT2D eigenvalue weighted by molar-refractivity contribution is -0.145. The van der Waals surface area contributed by atoms with Gasteiger partial charge >= 0.3 is 17.9 Å². The lowest BCUT2D eigenvalue weighted by Gasteiger charge is -2.23. The fraction of sp³-hybridized carbons (Fsp3) is 0.143. The van der Waals surface area contributed by atoms with Crippen LogP contribution in [0.4, 0.5) is 0 Å². The summed E-state index contributed by atoms with van der Waals surface area (Å²) in [5.41, 5.74) is 0.729. The third-order valence-electron chi connectivity index (χ3n) is 4.22. The number of aromatic nitrogens is 2. The van der Waals surface area contributed by atoms with Gasteiger partial charge in [-0.15, -0.1) is 0 Å². The Morgan fingerprint density at radius 1 is 1.07 bits per heavy atom. The van der Waals surface area contributed by atoms with E-state index in [0.717, 1.165) is 5.56 Å². The molecular weight excluding hydrogens is 376 g/mol. The Kier molecular flexibility index (Phi) is 6.86. The first-order valence-corrected chi connectivity index (χ1v) is 8.58. The van der Waals surface area contributed by atoms with E-state index >= 15 is 0 Å². The number of carboxylic acid groups (broad SMARTS) is 3. The summed E-state index contributed by atoms with van der Waals surface area (Å²) in [5.74, 6) is -3.05. The van der Waals surface area contributed by atoms with Gasteiger partial charge in [-0.3, -0.25) is 9.89 Å². The first-order valence-electron chi connectivity index (χ1n) is 8.58. The van der Waals surface area contributed by atoms with E-state index in [4.69, 9.17) is 15.3 Å². The lowest BCUT2D eigenvalue weighted by atomic mass is 9.80. The summed E-state index contributed by atoms with van der Waals surface area (Å²) in [6, 6.07) is 9.65. The summed E-state index contributed by atoms with van der Waals surface area (Å²) in [6.45, 7) is 1.50. The molecule has 1 aliphatic rings. The van der Waals surface area contributed by atoms with Gasteiger partial charge in [0, 0.05) is 5.57 Å². The van der Waals surface area contributed by atoms with Crippen molar-refractivity contribution in [1.82, 2.24) is 10.2 Å². The van der Waals surface area contributed by atoms with Gasteiger partial charge in [-0.1, -0.05) is 54.6 Å². The van der Waals surface area contributed by atoms with Crippen LogP contribution < -0.4 is 0 Å². The standard InChI is InChI=1S/C12H10N2O2.C9H10O4/c15-12(16)10-8-13-14-11(10)7-6-9-4-2-1-3-5-9;1-9(8(12)13)4-2-3-6(5-9)7(10)11/h1-8H,(H,13,14)(H,15,16);2-4H,5H2,1H3,(H,10,11)(H,12,13). The van der Waals surface area contributed by atoms with Gasteiger partial charge in [0.25, 0.3) is 0 Å². The quantitative estimate of drug-likeness (QED) is 0.607. The number of hydrogen-bond donors (Lipinski definition) is 4. The molecule has 1 atom stereocenters. The summed E-state index contributed by atoms with van der Waals surface area (Å²) in [5, 5.41) is 32.7. The van der Waals surface area contributed by atoms with E-state index in [2.05, 4.69) is 10.2 Å². The van der Waals surface area contributed by atoms with Crippen LogP contribution in [0, 0.1) is 5.41 Å². The zero-order valence-electron chi connectivity index (χ0n) is 15.6. The van der Waals surface area contributed by atoms with Gasteiger partial charge in [-0.05, 0) is 25.0 Å². The predicted molar refractivity (Wildman–Crippen MR) is 106 cm³/mol. The van der Waals surface area contributed by atoms with Crippen molar-refractivity contribution in [2.45, 2.75) is 13.3 Å². The molecule has 2 aromatic rings. The number of nitrogens with one attached hydrogen (secondary N) is 1. The highest BCUT2D eigenvalue weighted by atomic mass is 16.4. The molecule has 0 saturated heterocycles. The molecule has 8 nitrogen and oxygen atoms in total. The van der Waals surface area contributed by atoms with E-state index < -0.39 is 23.3 Å². The van der Waals surface area contributed by atoms with Crippen LogP contribution in [0.3, 0.4) is 0 Å². The van der Waals surface area contributed by atoms with Crippen molar-refractivity contribution in [3.05, 3.63) is 77.2 Å². The fourth-order valence-electron chi connectivity index (χ4n) is 2.52. The molecule has 0 aliphatic heterocycles. The second-order valence-corrected chi connectivity index (χ2v) is 6.50. The summed E-state index contributed by atoms with van der Waals surface area (Å²) in [7, 11) is 0. The molecule has 8 heteroatoms. The first kappa shape index (κ1) is 21.4. The van der Waals surface area contributed by atoms with Crippen molar-refractivity contribution in [3.63, 3.8) is 0 Å². The molecule has 3 rings (SSSR count). The molecule has 4 N–H and O–H groups in total. The average molecular weight is 396 g/mol. The summed E-state index contributed by atoms with van der Waals surface area (Å²) < 4.78 is 0. The van der Waals surface area contributed by atoms with Crippen LogP contribution in [0.5, 0.6) is 0 Å². The second-order valence-electron chi connectivity index (χ2n) is 6.50. The molecule has 0 fully saturated rings. The zero-order valence-corrected chi connectivity index (χ0v) is 15.6. The Balaban J connectivity index is 0.000000212. The van der Waals surface area contributed by atoms with Gasteiger partial charge in [0.2, 0.25) is 0 Å². The van der Waals surface area contributed by atoms with Gasteiger partial charge in [-0.2, -0.15) is 5.10 Å². The maximum atomic E-state index is 10.8. The fourth-order valence-corrected chi connectivity index (χ4v) is 2.52. The number of nitrogens with zero attached hydrogens (tertiary/aromatic N) is 1. The molecule has 1 aliphatic carbocycles. The van der Waals surface area contributed by atoms with Gasteiger partial charge in [0.1, 0.15) is 5.56 Å². The Morgan fingerprint density at radius 2 is 1.76 bits per heavy atom. The summed E-state index contributed by atoms with van der Waals surface area (Å²) >= 11 is 0. The van der Waals surface area contributed by atoms with Crippen molar-refractivity contribution >= 4 is 30.1 Å². The van der Waals surface area contributed by atoms with Gasteiger partial charge in [-0.25, -0.2) is 9.59 Å². The number of carbonyl (C=O) groups is 3. The number of rotatable bonds is 5. The Hall–Kier alpha value is -3.94. The molecule has 0 saturated carbocycles. The molecule has 1 unspecified atom stereocenters. The van der Waals surface area contributed by atoms with E-state index in [-0.39, 0.29) is 17.6 Å². The highest BCUT2D eigenvalue weighted by Gasteiger charge is 2.34. The third kappa shape index (κ3) is 5.77. The number of carboxylic acids is 3. The Morgan fingerprint density at radius 3 is 2.34 bits per heavy atom. The minimum absolute atomic E-state index is 0.0359. The molecule has 0 radical (unpaired) electrons. The molecule has 1 aromatic heterocycles. The van der Waals surface area contributed by atoms with Crippen LogP contribution >= 0.6 is 0 Å². The van der Waals surface area contributed by atoms with Crippen molar-refractivity contribution < 1.29 is 29.7 Å². The molecule has 0 bridgehead atoms. The van der Waals surface area contributed by atoms with Crippen molar-refractivity contribution in [2.75, 3.05) is 0 Å². The number of aliphatic carboxylic acids is 2. The number of hydrogen-bond acceptors (Lipinski definition) is 4. The predicted octanol–water partition coefficient (Wildman–Crippen LogP) is 3.33. The van der Waals surface area contributed by atoms with Crippen LogP contribution in [0.2, 0.25) is 0 Å². The highest BCUT2D eigenvalue weighted by Crippen LogP contribution is 2.31.